The number of hydrogen-bond acceptors (Lipinski definition) is 3. The van der Waals surface area contributed by atoms with E-state index in [-0.39, 0.29) is 17.2 Å². The van der Waals surface area contributed by atoms with Gasteiger partial charge in [0.05, 0.1) is 0 Å². The molecule has 0 fully saturated rings. The molecule has 2 rings (SSSR count). The molecular formula is C13H12O3. The van der Waals surface area contributed by atoms with Crippen LogP contribution in [0.25, 0.3) is 11.1 Å². The molecule has 82 valence electrons. The van der Waals surface area contributed by atoms with Gasteiger partial charge in [-0.2, -0.15) is 0 Å². The Bertz CT molecular complexity index is 512. The highest BCUT2D eigenvalue weighted by Crippen LogP contribution is 2.34. The first-order chi connectivity index (χ1) is 7.56. The number of aryl methyl sites for hydroxylation is 1. The molecule has 0 bridgehead atoms. The lowest BCUT2D eigenvalue weighted by Gasteiger charge is -2.07. The van der Waals surface area contributed by atoms with Crippen LogP contribution in [0.15, 0.2) is 36.4 Å². The number of phenols is 3. The van der Waals surface area contributed by atoms with Crippen molar-refractivity contribution in [2.24, 2.45) is 0 Å². The maximum atomic E-state index is 9.71. The fourth-order valence-corrected chi connectivity index (χ4v) is 1.63. The Kier molecular flexibility index (Phi) is 2.44. The van der Waals surface area contributed by atoms with Crippen LogP contribution in [0.2, 0.25) is 0 Å². The van der Waals surface area contributed by atoms with E-state index in [1.165, 1.54) is 18.2 Å². The topological polar surface area (TPSA) is 60.7 Å². The van der Waals surface area contributed by atoms with E-state index in [4.69, 9.17) is 0 Å². The summed E-state index contributed by atoms with van der Waals surface area (Å²) in [6, 6.07) is 9.41. The summed E-state index contributed by atoms with van der Waals surface area (Å²) in [6.45, 7) is 1.91. The van der Waals surface area contributed by atoms with Gasteiger partial charge in [0.25, 0.3) is 0 Å². The summed E-state index contributed by atoms with van der Waals surface area (Å²) in [4.78, 5) is 0. The summed E-state index contributed by atoms with van der Waals surface area (Å²) in [5, 5.41) is 28.5. The van der Waals surface area contributed by atoms with Crippen LogP contribution in [-0.2, 0) is 0 Å². The first-order valence-electron chi connectivity index (χ1n) is 4.89. The van der Waals surface area contributed by atoms with Crippen molar-refractivity contribution in [1.29, 1.82) is 0 Å². The Morgan fingerprint density at radius 1 is 0.812 bits per heavy atom. The summed E-state index contributed by atoms with van der Waals surface area (Å²) in [5.41, 5.74) is 2.17. The molecule has 0 atom stereocenters. The first-order valence-corrected chi connectivity index (χ1v) is 4.89. The molecule has 0 spiro atoms. The largest absolute Gasteiger partial charge is 0.508 e. The van der Waals surface area contributed by atoms with E-state index in [0.717, 1.165) is 5.56 Å². The molecule has 16 heavy (non-hydrogen) atoms. The standard InChI is InChI=1S/C13H12O3/c1-8-2-3-13(16)12(4-8)9-5-10(14)7-11(15)6-9/h2-7,14-16H,1H3. The predicted octanol–water partition coefficient (Wildman–Crippen LogP) is 2.78. The zero-order valence-electron chi connectivity index (χ0n) is 8.81. The van der Waals surface area contributed by atoms with Gasteiger partial charge in [-0.25, -0.2) is 0 Å². The van der Waals surface area contributed by atoms with E-state index in [1.807, 2.05) is 6.92 Å². The Labute approximate surface area is 93.2 Å². The van der Waals surface area contributed by atoms with Gasteiger partial charge in [-0.3, -0.25) is 0 Å². The number of benzene rings is 2. The van der Waals surface area contributed by atoms with Crippen molar-refractivity contribution in [2.75, 3.05) is 0 Å². The van der Waals surface area contributed by atoms with Crippen molar-refractivity contribution >= 4 is 0 Å². The van der Waals surface area contributed by atoms with Gasteiger partial charge in [-0.1, -0.05) is 11.6 Å². The van der Waals surface area contributed by atoms with E-state index in [1.54, 1.807) is 18.2 Å². The quantitative estimate of drug-likeness (QED) is 0.686. The van der Waals surface area contributed by atoms with Gasteiger partial charge in [0.15, 0.2) is 0 Å². The Morgan fingerprint density at radius 3 is 2.06 bits per heavy atom. The molecule has 3 nitrogen and oxygen atoms in total. The minimum atomic E-state index is -0.0316. The van der Waals surface area contributed by atoms with E-state index < -0.39 is 0 Å². The van der Waals surface area contributed by atoms with Gasteiger partial charge in [-0.15, -0.1) is 0 Å². The van der Waals surface area contributed by atoms with Crippen LogP contribution < -0.4 is 0 Å². The van der Waals surface area contributed by atoms with E-state index in [0.29, 0.717) is 11.1 Å². The number of hydrogen-bond donors (Lipinski definition) is 3. The molecule has 0 aliphatic carbocycles. The van der Waals surface area contributed by atoms with Gasteiger partial charge >= 0.3 is 0 Å². The first kappa shape index (κ1) is 10.4. The summed E-state index contributed by atoms with van der Waals surface area (Å²) in [5.74, 6) is 0.0578. The van der Waals surface area contributed by atoms with Crippen molar-refractivity contribution in [2.45, 2.75) is 6.92 Å². The summed E-state index contributed by atoms with van der Waals surface area (Å²) in [7, 11) is 0. The van der Waals surface area contributed by atoms with E-state index in [2.05, 4.69) is 0 Å². The minimum absolute atomic E-state index is 0.0316. The van der Waals surface area contributed by atoms with Crippen molar-refractivity contribution in [1.82, 2.24) is 0 Å². The van der Waals surface area contributed by atoms with Crippen molar-refractivity contribution in [3.8, 4) is 28.4 Å². The predicted molar refractivity (Wildman–Crippen MR) is 61.6 cm³/mol. The SMILES string of the molecule is Cc1ccc(O)c(-c2cc(O)cc(O)c2)c1. The van der Waals surface area contributed by atoms with Gasteiger partial charge in [0.1, 0.15) is 17.2 Å². The van der Waals surface area contributed by atoms with Gasteiger partial charge in [0, 0.05) is 11.6 Å². The molecule has 0 aliphatic heterocycles. The molecule has 0 unspecified atom stereocenters. The Balaban J connectivity index is 2.62. The Morgan fingerprint density at radius 2 is 1.44 bits per heavy atom. The van der Waals surface area contributed by atoms with Gasteiger partial charge < -0.3 is 15.3 Å². The second-order valence-corrected chi connectivity index (χ2v) is 3.76. The Hall–Kier alpha value is -2.16. The number of rotatable bonds is 1. The number of aromatic hydroxyl groups is 3. The van der Waals surface area contributed by atoms with Crippen LogP contribution in [0.5, 0.6) is 17.2 Å². The molecule has 2 aromatic carbocycles. The maximum Gasteiger partial charge on any atom is 0.123 e. The molecule has 0 radical (unpaired) electrons. The van der Waals surface area contributed by atoms with Gasteiger partial charge in [-0.05, 0) is 36.8 Å². The third kappa shape index (κ3) is 1.93. The fraction of sp³-hybridized carbons (Fsp3) is 0.0769. The highest BCUT2D eigenvalue weighted by atomic mass is 16.3. The second-order valence-electron chi connectivity index (χ2n) is 3.76. The summed E-state index contributed by atoms with van der Waals surface area (Å²) < 4.78 is 0. The lowest BCUT2D eigenvalue weighted by Crippen LogP contribution is -1.81. The molecule has 3 heteroatoms. The average Bonchev–Trinajstić information content (AvgIpc) is 2.20. The van der Waals surface area contributed by atoms with Crippen molar-refractivity contribution < 1.29 is 15.3 Å². The molecule has 0 amide bonds. The minimum Gasteiger partial charge on any atom is -0.508 e. The molecule has 3 N–H and O–H groups in total. The molecule has 0 saturated carbocycles. The molecule has 0 heterocycles. The summed E-state index contributed by atoms with van der Waals surface area (Å²) in [6.07, 6.45) is 0. The normalized spacial score (nSPS) is 10.3. The van der Waals surface area contributed by atoms with E-state index in [9.17, 15) is 15.3 Å². The third-order valence-electron chi connectivity index (χ3n) is 2.37. The van der Waals surface area contributed by atoms with Crippen molar-refractivity contribution in [3.63, 3.8) is 0 Å². The highest BCUT2D eigenvalue weighted by molar-refractivity contribution is 5.73. The zero-order chi connectivity index (χ0) is 11.7. The molecule has 2 aromatic rings. The van der Waals surface area contributed by atoms with Crippen LogP contribution in [0, 0.1) is 6.92 Å². The monoisotopic (exact) mass is 216 g/mol. The van der Waals surface area contributed by atoms with Crippen LogP contribution in [0.3, 0.4) is 0 Å². The lowest BCUT2D eigenvalue weighted by atomic mass is 10.0. The maximum absolute atomic E-state index is 9.71. The molecule has 0 aromatic heterocycles. The summed E-state index contributed by atoms with van der Waals surface area (Å²) >= 11 is 0. The average molecular weight is 216 g/mol. The van der Waals surface area contributed by atoms with Crippen LogP contribution >= 0.6 is 0 Å². The third-order valence-corrected chi connectivity index (χ3v) is 2.37. The van der Waals surface area contributed by atoms with Crippen LogP contribution in [0.1, 0.15) is 5.56 Å². The van der Waals surface area contributed by atoms with Crippen LogP contribution in [0.4, 0.5) is 0 Å². The van der Waals surface area contributed by atoms with Gasteiger partial charge in [0.2, 0.25) is 0 Å². The fourth-order valence-electron chi connectivity index (χ4n) is 1.63. The highest BCUT2D eigenvalue weighted by Gasteiger charge is 2.07. The van der Waals surface area contributed by atoms with Crippen LogP contribution in [-0.4, -0.2) is 15.3 Å². The molecular weight excluding hydrogens is 204 g/mol. The second kappa shape index (κ2) is 3.77. The molecule has 0 saturated heterocycles. The zero-order valence-corrected chi connectivity index (χ0v) is 8.81. The molecule has 0 aliphatic rings. The lowest BCUT2D eigenvalue weighted by molar-refractivity contribution is 0.451. The van der Waals surface area contributed by atoms with E-state index >= 15 is 0 Å². The number of phenolic OH excluding ortho intramolecular Hbond substituents is 3. The smallest absolute Gasteiger partial charge is 0.123 e. The van der Waals surface area contributed by atoms with Crippen molar-refractivity contribution in [3.05, 3.63) is 42.0 Å².